The number of aryl methyl sites for hydroxylation is 1. The molecule has 182 valence electrons. The number of rotatable bonds is 11. The summed E-state index contributed by atoms with van der Waals surface area (Å²) in [5, 5.41) is 18.5. The molecule has 0 bridgehead atoms. The molecule has 0 saturated carbocycles. The van der Waals surface area contributed by atoms with Gasteiger partial charge in [0.15, 0.2) is 11.6 Å². The van der Waals surface area contributed by atoms with Gasteiger partial charge in [0.25, 0.3) is 0 Å². The van der Waals surface area contributed by atoms with Crippen molar-refractivity contribution in [2.24, 2.45) is 5.92 Å². The molecule has 0 saturated heterocycles. The van der Waals surface area contributed by atoms with Gasteiger partial charge in [-0.3, -0.25) is 9.59 Å². The Balaban J connectivity index is 1.30. The molecule has 4 rings (SSSR count). The van der Waals surface area contributed by atoms with E-state index in [-0.39, 0.29) is 31.0 Å². The maximum Gasteiger partial charge on any atom is 0.174 e. The van der Waals surface area contributed by atoms with Crippen LogP contribution >= 0.6 is 11.3 Å². The van der Waals surface area contributed by atoms with Gasteiger partial charge in [-0.05, 0) is 67.9 Å². The molecule has 0 fully saturated rings. The van der Waals surface area contributed by atoms with Crippen LogP contribution in [0.3, 0.4) is 0 Å². The Labute approximate surface area is 215 Å². The largest absolute Gasteiger partial charge is 0.486 e. The van der Waals surface area contributed by atoms with Gasteiger partial charge in [-0.25, -0.2) is 4.98 Å². The van der Waals surface area contributed by atoms with Gasteiger partial charge in [-0.15, -0.1) is 11.3 Å². The average molecular weight is 498 g/mol. The van der Waals surface area contributed by atoms with Crippen LogP contribution in [0.4, 0.5) is 0 Å². The Morgan fingerprint density at radius 1 is 1.11 bits per heavy atom. The number of thiazole rings is 1. The highest BCUT2D eigenvalue weighted by Gasteiger charge is 2.23. The molecule has 0 radical (unpaired) electrons. The minimum atomic E-state index is -0.0909. The van der Waals surface area contributed by atoms with Crippen molar-refractivity contribution in [1.82, 2.24) is 4.98 Å². The summed E-state index contributed by atoms with van der Waals surface area (Å²) >= 11 is 1.63. The molecule has 7 heteroatoms. The van der Waals surface area contributed by atoms with Crippen molar-refractivity contribution in [2.45, 2.75) is 51.4 Å². The zero-order valence-corrected chi connectivity index (χ0v) is 20.9. The molecule has 1 aromatic heterocycles. The van der Waals surface area contributed by atoms with E-state index in [9.17, 15) is 9.59 Å². The van der Waals surface area contributed by atoms with Crippen LogP contribution in [0.2, 0.25) is 0 Å². The van der Waals surface area contributed by atoms with Gasteiger partial charge >= 0.3 is 0 Å². The van der Waals surface area contributed by atoms with Crippen molar-refractivity contribution in [2.75, 3.05) is 6.61 Å². The predicted molar refractivity (Wildman–Crippen MR) is 137 cm³/mol. The van der Waals surface area contributed by atoms with E-state index in [1.54, 1.807) is 59.9 Å². The second-order valence-corrected chi connectivity index (χ2v) is 10.2. The van der Waals surface area contributed by atoms with Crippen molar-refractivity contribution >= 4 is 22.9 Å². The van der Waals surface area contributed by atoms with Gasteiger partial charge in [0.05, 0.1) is 29.8 Å². The molecule has 6 nitrogen and oxygen atoms in total. The normalized spacial score (nSPS) is 14.3. The number of benzene rings is 2. The first-order chi connectivity index (χ1) is 17.5. The molecule has 1 aliphatic rings. The van der Waals surface area contributed by atoms with E-state index in [4.69, 9.17) is 20.2 Å². The van der Waals surface area contributed by atoms with Crippen LogP contribution in [-0.4, -0.2) is 23.2 Å². The number of Topliss-reactive ketones (excluding diaryl/α,β-unsaturated/α-hetero) is 2. The topological polar surface area (TPSA) is 104 Å². The molecule has 0 amide bonds. The lowest BCUT2D eigenvalue weighted by molar-refractivity contribution is -0.120. The zero-order chi connectivity index (χ0) is 25.3. The lowest BCUT2D eigenvalue weighted by atomic mass is 9.87. The summed E-state index contributed by atoms with van der Waals surface area (Å²) in [6, 6.07) is 18.1. The Bertz CT molecular complexity index is 1310. The number of hydrogen-bond acceptors (Lipinski definition) is 7. The quantitative estimate of drug-likeness (QED) is 0.258. The maximum absolute atomic E-state index is 12.9. The zero-order valence-electron chi connectivity index (χ0n) is 20.0. The lowest BCUT2D eigenvalue weighted by Gasteiger charge is -2.20. The molecule has 36 heavy (non-hydrogen) atoms. The fourth-order valence-corrected chi connectivity index (χ4v) is 5.65. The van der Waals surface area contributed by atoms with Gasteiger partial charge in [0, 0.05) is 23.3 Å². The molecule has 0 N–H and O–H groups in total. The van der Waals surface area contributed by atoms with E-state index in [0.717, 1.165) is 48.4 Å². The molecule has 2 aromatic carbocycles. The van der Waals surface area contributed by atoms with Gasteiger partial charge in [-0.1, -0.05) is 24.3 Å². The fourth-order valence-electron chi connectivity index (χ4n) is 4.43. The van der Waals surface area contributed by atoms with Crippen LogP contribution < -0.4 is 4.74 Å². The highest BCUT2D eigenvalue weighted by atomic mass is 32.1. The summed E-state index contributed by atoms with van der Waals surface area (Å²) in [6.07, 6.45) is 6.13. The number of nitriles is 2. The van der Waals surface area contributed by atoms with Crippen molar-refractivity contribution in [3.8, 4) is 17.9 Å². The number of fused-ring (bicyclic) bond motifs is 1. The van der Waals surface area contributed by atoms with E-state index >= 15 is 0 Å². The Kier molecular flexibility index (Phi) is 8.60. The SMILES string of the molecule is N#CCCC[C@H]1CCc2nc(CC(=O)c3cccc(OCC(=O)Cc4ccc(C#N)cc4)c3)sc2C1. The van der Waals surface area contributed by atoms with Gasteiger partial charge in [-0.2, -0.15) is 10.5 Å². The van der Waals surface area contributed by atoms with Crippen LogP contribution in [0.1, 0.15) is 62.7 Å². The first-order valence-corrected chi connectivity index (χ1v) is 13.0. The molecule has 1 atom stereocenters. The maximum atomic E-state index is 12.9. The Hall–Kier alpha value is -3.81. The number of hydrogen-bond donors (Lipinski definition) is 0. The van der Waals surface area contributed by atoms with Gasteiger partial charge in [0.1, 0.15) is 17.4 Å². The number of ether oxygens (including phenoxy) is 1. The number of unbranched alkanes of at least 4 members (excludes halogenated alkanes) is 1. The number of carbonyl (C=O) groups excluding carboxylic acids is 2. The monoisotopic (exact) mass is 497 g/mol. The van der Waals surface area contributed by atoms with E-state index in [2.05, 4.69) is 12.1 Å². The van der Waals surface area contributed by atoms with Crippen molar-refractivity contribution in [3.63, 3.8) is 0 Å². The lowest BCUT2D eigenvalue weighted by Crippen LogP contribution is -2.14. The van der Waals surface area contributed by atoms with Crippen LogP contribution in [0.5, 0.6) is 5.75 Å². The van der Waals surface area contributed by atoms with Crippen molar-refractivity contribution in [1.29, 1.82) is 10.5 Å². The minimum absolute atomic E-state index is 0.0268. The minimum Gasteiger partial charge on any atom is -0.486 e. The third-order valence-electron chi connectivity index (χ3n) is 6.34. The van der Waals surface area contributed by atoms with Crippen molar-refractivity contribution in [3.05, 3.63) is 80.8 Å². The average Bonchev–Trinajstić information content (AvgIpc) is 3.30. The first-order valence-electron chi connectivity index (χ1n) is 12.1. The summed E-state index contributed by atoms with van der Waals surface area (Å²) < 4.78 is 5.66. The standard InChI is InChI=1S/C29H27N3O3S/c30-13-2-1-4-20-11-12-26-28(15-20)36-29(32-26)17-27(34)23-5-3-6-25(16-23)35-19-24(33)14-21-7-9-22(18-31)10-8-21/h3,5-10,16,20H,1-2,4,11-12,14-15,17,19H2/t20-/m0/s1. The summed E-state index contributed by atoms with van der Waals surface area (Å²) in [5.74, 6) is 0.965. The van der Waals surface area contributed by atoms with Gasteiger partial charge in [0.2, 0.25) is 0 Å². The van der Waals surface area contributed by atoms with Crippen molar-refractivity contribution < 1.29 is 14.3 Å². The molecule has 0 unspecified atom stereocenters. The van der Waals surface area contributed by atoms with Gasteiger partial charge < -0.3 is 4.74 Å². The molecule has 1 aliphatic carbocycles. The summed E-state index contributed by atoms with van der Waals surface area (Å²) in [6.45, 7) is -0.0909. The van der Waals surface area contributed by atoms with Crippen LogP contribution in [0.15, 0.2) is 48.5 Å². The summed E-state index contributed by atoms with van der Waals surface area (Å²) in [4.78, 5) is 31.3. The third kappa shape index (κ3) is 6.87. The van der Waals surface area contributed by atoms with Crippen LogP contribution in [0, 0.1) is 28.6 Å². The number of ketones is 2. The Morgan fingerprint density at radius 2 is 1.94 bits per heavy atom. The summed E-state index contributed by atoms with van der Waals surface area (Å²) in [7, 11) is 0. The first kappa shape index (κ1) is 25.3. The van der Waals surface area contributed by atoms with E-state index in [0.29, 0.717) is 29.2 Å². The highest BCUT2D eigenvalue weighted by Crippen LogP contribution is 2.33. The van der Waals surface area contributed by atoms with Crippen LogP contribution in [0.25, 0.3) is 0 Å². The second kappa shape index (κ2) is 12.2. The molecular weight excluding hydrogens is 470 g/mol. The molecular formula is C29H27N3O3S. The number of carbonyl (C=O) groups is 2. The predicted octanol–water partition coefficient (Wildman–Crippen LogP) is 5.43. The molecule has 1 heterocycles. The highest BCUT2D eigenvalue weighted by molar-refractivity contribution is 7.11. The fraction of sp³-hybridized carbons (Fsp3) is 0.345. The summed E-state index contributed by atoms with van der Waals surface area (Å²) in [5.41, 5.74) is 3.04. The third-order valence-corrected chi connectivity index (χ3v) is 7.46. The van der Waals surface area contributed by atoms with Crippen LogP contribution in [-0.2, 0) is 30.5 Å². The number of aromatic nitrogens is 1. The van der Waals surface area contributed by atoms with E-state index < -0.39 is 0 Å². The molecule has 0 spiro atoms. The van der Waals surface area contributed by atoms with E-state index in [1.165, 1.54) is 4.88 Å². The molecule has 3 aromatic rings. The second-order valence-electron chi connectivity index (χ2n) is 9.08. The Morgan fingerprint density at radius 3 is 2.72 bits per heavy atom. The smallest absolute Gasteiger partial charge is 0.174 e. The number of nitrogens with zero attached hydrogens (tertiary/aromatic N) is 3. The molecule has 0 aliphatic heterocycles. The van der Waals surface area contributed by atoms with E-state index in [1.807, 2.05) is 0 Å².